The molecule has 0 aromatic heterocycles. The standard InChI is InChI=1S/C23H26O6/c1-23(2)26-12-17-20(29-23)18(24)21(22(25-3)27-17)28-19-15-10-6-4-8-13(15)14-9-5-7-11-16(14)19/h4-11,17-22,24H,12H2,1-3H3/t17-,18+,20-,21+,22+/m1/s1. The van der Waals surface area contributed by atoms with Crippen LogP contribution in [0.5, 0.6) is 0 Å². The van der Waals surface area contributed by atoms with Gasteiger partial charge in [-0.1, -0.05) is 48.5 Å². The van der Waals surface area contributed by atoms with Crippen LogP contribution in [0, 0.1) is 0 Å². The number of fused-ring (bicyclic) bond motifs is 4. The molecule has 0 spiro atoms. The van der Waals surface area contributed by atoms with E-state index in [1.165, 1.54) is 0 Å². The molecule has 0 saturated carbocycles. The highest BCUT2D eigenvalue weighted by atomic mass is 16.8. The summed E-state index contributed by atoms with van der Waals surface area (Å²) in [5, 5.41) is 11.2. The van der Waals surface area contributed by atoms with Crippen molar-refractivity contribution < 1.29 is 28.8 Å². The Labute approximate surface area is 170 Å². The van der Waals surface area contributed by atoms with Crippen LogP contribution < -0.4 is 0 Å². The number of aliphatic hydroxyl groups excluding tert-OH is 1. The quantitative estimate of drug-likeness (QED) is 0.857. The van der Waals surface area contributed by atoms with Crippen molar-refractivity contribution in [1.82, 2.24) is 0 Å². The molecule has 5 atom stereocenters. The lowest BCUT2D eigenvalue weighted by Crippen LogP contribution is -2.65. The van der Waals surface area contributed by atoms with Crippen LogP contribution in [-0.4, -0.2) is 55.3 Å². The monoisotopic (exact) mass is 398 g/mol. The second-order valence-corrected chi connectivity index (χ2v) is 8.22. The van der Waals surface area contributed by atoms with Gasteiger partial charge in [-0.25, -0.2) is 0 Å². The molecule has 0 bridgehead atoms. The minimum atomic E-state index is -0.915. The first-order valence-corrected chi connectivity index (χ1v) is 10.0. The SMILES string of the molecule is CO[C@H]1O[C@@H]2COC(C)(C)O[C@H]2[C@H](O)[C@@H]1OC1c2ccccc2-c2ccccc21. The summed E-state index contributed by atoms with van der Waals surface area (Å²) >= 11 is 0. The highest BCUT2D eigenvalue weighted by Gasteiger charge is 2.52. The van der Waals surface area contributed by atoms with Gasteiger partial charge in [0.1, 0.15) is 30.5 Å². The smallest absolute Gasteiger partial charge is 0.186 e. The van der Waals surface area contributed by atoms with Crippen molar-refractivity contribution in [3.8, 4) is 11.1 Å². The molecule has 1 N–H and O–H groups in total. The maximum atomic E-state index is 11.2. The first-order valence-electron chi connectivity index (χ1n) is 10.0. The number of aliphatic hydroxyl groups is 1. The molecule has 6 nitrogen and oxygen atoms in total. The second-order valence-electron chi connectivity index (χ2n) is 8.22. The largest absolute Gasteiger partial charge is 0.387 e. The molecule has 6 heteroatoms. The molecule has 5 rings (SSSR count). The van der Waals surface area contributed by atoms with Crippen LogP contribution in [0.25, 0.3) is 11.1 Å². The Morgan fingerprint density at radius 3 is 2.24 bits per heavy atom. The van der Waals surface area contributed by atoms with E-state index < -0.39 is 36.5 Å². The normalized spacial score (nSPS) is 33.0. The second kappa shape index (κ2) is 7.16. The third-order valence-corrected chi connectivity index (χ3v) is 5.93. The first kappa shape index (κ1) is 19.2. The van der Waals surface area contributed by atoms with E-state index in [4.69, 9.17) is 23.7 Å². The molecule has 0 unspecified atom stereocenters. The summed E-state index contributed by atoms with van der Waals surface area (Å²) in [6.45, 7) is 3.99. The Morgan fingerprint density at radius 1 is 1.00 bits per heavy atom. The fraction of sp³-hybridized carbons (Fsp3) is 0.478. The minimum absolute atomic E-state index is 0.312. The Bertz CT molecular complexity index is 851. The zero-order chi connectivity index (χ0) is 20.2. The van der Waals surface area contributed by atoms with Crippen molar-refractivity contribution in [3.05, 3.63) is 59.7 Å². The molecule has 2 aromatic carbocycles. The molecule has 2 aromatic rings. The predicted molar refractivity (Wildman–Crippen MR) is 105 cm³/mol. The van der Waals surface area contributed by atoms with Crippen molar-refractivity contribution >= 4 is 0 Å². The van der Waals surface area contributed by atoms with Gasteiger partial charge in [0.05, 0.1) is 6.61 Å². The Morgan fingerprint density at radius 2 is 1.62 bits per heavy atom. The van der Waals surface area contributed by atoms with Crippen molar-refractivity contribution in [2.75, 3.05) is 13.7 Å². The molecule has 2 aliphatic heterocycles. The van der Waals surface area contributed by atoms with E-state index in [0.717, 1.165) is 22.3 Å². The number of rotatable bonds is 3. The third kappa shape index (κ3) is 3.20. The Hall–Kier alpha value is -1.80. The van der Waals surface area contributed by atoms with E-state index in [1.807, 2.05) is 38.1 Å². The molecule has 1 aliphatic carbocycles. The van der Waals surface area contributed by atoms with Crippen molar-refractivity contribution in [1.29, 1.82) is 0 Å². The van der Waals surface area contributed by atoms with Gasteiger partial charge >= 0.3 is 0 Å². The van der Waals surface area contributed by atoms with Gasteiger partial charge in [-0.3, -0.25) is 0 Å². The van der Waals surface area contributed by atoms with Gasteiger partial charge < -0.3 is 28.8 Å². The van der Waals surface area contributed by atoms with Crippen LogP contribution in [0.2, 0.25) is 0 Å². The lowest BCUT2D eigenvalue weighted by atomic mass is 9.96. The van der Waals surface area contributed by atoms with E-state index in [9.17, 15) is 5.11 Å². The van der Waals surface area contributed by atoms with Gasteiger partial charge in [0.15, 0.2) is 12.1 Å². The first-order chi connectivity index (χ1) is 14.0. The predicted octanol–water partition coefficient (Wildman–Crippen LogP) is 3.03. The lowest BCUT2D eigenvalue weighted by Gasteiger charge is -2.49. The number of ether oxygens (including phenoxy) is 5. The number of hydrogen-bond donors (Lipinski definition) is 1. The number of hydrogen-bond acceptors (Lipinski definition) is 6. The van der Waals surface area contributed by atoms with E-state index in [0.29, 0.717) is 6.61 Å². The van der Waals surface area contributed by atoms with Crippen molar-refractivity contribution in [2.45, 2.75) is 56.4 Å². The fourth-order valence-electron chi connectivity index (χ4n) is 4.57. The molecular weight excluding hydrogens is 372 g/mol. The van der Waals surface area contributed by atoms with Crippen LogP contribution >= 0.6 is 0 Å². The summed E-state index contributed by atoms with van der Waals surface area (Å²) < 4.78 is 29.8. The Balaban J connectivity index is 1.47. The average Bonchev–Trinajstić information content (AvgIpc) is 3.04. The molecule has 2 saturated heterocycles. The maximum Gasteiger partial charge on any atom is 0.186 e. The Kier molecular flexibility index (Phi) is 4.74. The van der Waals surface area contributed by atoms with Crippen LogP contribution in [0.3, 0.4) is 0 Å². The highest BCUT2D eigenvalue weighted by molar-refractivity contribution is 5.78. The molecule has 3 aliphatic rings. The molecule has 29 heavy (non-hydrogen) atoms. The van der Waals surface area contributed by atoms with Gasteiger partial charge in [-0.05, 0) is 36.1 Å². The van der Waals surface area contributed by atoms with Gasteiger partial charge in [-0.2, -0.15) is 0 Å². The van der Waals surface area contributed by atoms with E-state index >= 15 is 0 Å². The van der Waals surface area contributed by atoms with Crippen LogP contribution in [0.1, 0.15) is 31.1 Å². The summed E-state index contributed by atoms with van der Waals surface area (Å²) in [6, 6.07) is 16.4. The summed E-state index contributed by atoms with van der Waals surface area (Å²) in [7, 11) is 1.55. The lowest BCUT2D eigenvalue weighted by molar-refractivity contribution is -0.385. The summed E-state index contributed by atoms with van der Waals surface area (Å²) in [5.41, 5.74) is 4.45. The maximum absolute atomic E-state index is 11.2. The number of methoxy groups -OCH3 is 1. The zero-order valence-corrected chi connectivity index (χ0v) is 16.8. The van der Waals surface area contributed by atoms with Gasteiger partial charge in [-0.15, -0.1) is 0 Å². The van der Waals surface area contributed by atoms with Crippen molar-refractivity contribution in [2.24, 2.45) is 0 Å². The van der Waals surface area contributed by atoms with Crippen LogP contribution in [0.4, 0.5) is 0 Å². The van der Waals surface area contributed by atoms with E-state index in [2.05, 4.69) is 24.3 Å². The summed E-state index contributed by atoms with van der Waals surface area (Å²) in [4.78, 5) is 0. The molecule has 2 fully saturated rings. The molecule has 0 radical (unpaired) electrons. The van der Waals surface area contributed by atoms with Gasteiger partial charge in [0.2, 0.25) is 0 Å². The van der Waals surface area contributed by atoms with Crippen molar-refractivity contribution in [3.63, 3.8) is 0 Å². The van der Waals surface area contributed by atoms with E-state index in [-0.39, 0.29) is 6.10 Å². The summed E-state index contributed by atoms with van der Waals surface area (Å²) in [6.07, 6.45) is -3.62. The highest BCUT2D eigenvalue weighted by Crippen LogP contribution is 2.47. The molecule has 2 heterocycles. The average molecular weight is 398 g/mol. The third-order valence-electron chi connectivity index (χ3n) is 5.93. The summed E-state index contributed by atoms with van der Waals surface area (Å²) in [5.74, 6) is -0.789. The number of benzene rings is 2. The topological polar surface area (TPSA) is 66.4 Å². The fourth-order valence-corrected chi connectivity index (χ4v) is 4.57. The van der Waals surface area contributed by atoms with Gasteiger partial charge in [0, 0.05) is 7.11 Å². The van der Waals surface area contributed by atoms with Crippen LogP contribution in [0.15, 0.2) is 48.5 Å². The minimum Gasteiger partial charge on any atom is -0.387 e. The zero-order valence-electron chi connectivity index (χ0n) is 16.8. The van der Waals surface area contributed by atoms with Gasteiger partial charge in [0.25, 0.3) is 0 Å². The molecule has 154 valence electrons. The molecular formula is C23H26O6. The molecule has 0 amide bonds. The van der Waals surface area contributed by atoms with Crippen LogP contribution in [-0.2, 0) is 23.7 Å². The van der Waals surface area contributed by atoms with E-state index in [1.54, 1.807) is 7.11 Å².